The average Bonchev–Trinajstić information content (AvgIpc) is 2.93. The van der Waals surface area contributed by atoms with Crippen molar-refractivity contribution in [2.75, 3.05) is 13.7 Å². The van der Waals surface area contributed by atoms with Crippen LogP contribution in [-0.4, -0.2) is 24.7 Å². The van der Waals surface area contributed by atoms with Crippen molar-refractivity contribution < 1.29 is 9.53 Å². The Bertz CT molecular complexity index is 616. The van der Waals surface area contributed by atoms with Crippen molar-refractivity contribution in [3.63, 3.8) is 0 Å². The molecule has 0 fully saturated rings. The van der Waals surface area contributed by atoms with Gasteiger partial charge in [0.05, 0.1) is 17.7 Å². The molecule has 1 unspecified atom stereocenters. The van der Waals surface area contributed by atoms with Gasteiger partial charge in [0, 0.05) is 29.8 Å². The minimum absolute atomic E-state index is 0.214. The molecule has 0 bridgehead atoms. The predicted molar refractivity (Wildman–Crippen MR) is 88.3 cm³/mol. The van der Waals surface area contributed by atoms with Crippen molar-refractivity contribution in [1.82, 2.24) is 15.6 Å². The smallest absolute Gasteiger partial charge is 0.315 e. The number of ether oxygens (including phenoxy) is 1. The lowest BCUT2D eigenvalue weighted by molar-refractivity contribution is 0.104. The van der Waals surface area contributed by atoms with Crippen LogP contribution in [0.2, 0.25) is 5.02 Å². The van der Waals surface area contributed by atoms with E-state index < -0.39 is 0 Å². The zero-order valence-electron chi connectivity index (χ0n) is 12.4. The molecule has 2 N–H and O–H groups in total. The van der Waals surface area contributed by atoms with Gasteiger partial charge in [-0.05, 0) is 24.6 Å². The maximum atomic E-state index is 11.8. The molecule has 5 nitrogen and oxygen atoms in total. The molecule has 0 saturated heterocycles. The number of benzene rings is 1. The highest BCUT2D eigenvalue weighted by Gasteiger charge is 2.12. The lowest BCUT2D eigenvalue weighted by atomic mass is 10.1. The number of rotatable bonds is 6. The molecule has 0 aliphatic carbocycles. The maximum absolute atomic E-state index is 11.8. The van der Waals surface area contributed by atoms with Gasteiger partial charge in [0.15, 0.2) is 0 Å². The third kappa shape index (κ3) is 4.98. The second-order valence-corrected chi connectivity index (χ2v) is 6.44. The van der Waals surface area contributed by atoms with Crippen molar-refractivity contribution in [3.8, 4) is 0 Å². The van der Waals surface area contributed by atoms with Gasteiger partial charge in [-0.3, -0.25) is 0 Å². The Morgan fingerprint density at radius 1 is 1.36 bits per heavy atom. The highest BCUT2D eigenvalue weighted by molar-refractivity contribution is 7.11. The molecule has 0 aliphatic heterocycles. The number of methoxy groups -OCH3 is 1. The summed E-state index contributed by atoms with van der Waals surface area (Å²) in [7, 11) is 1.61. The van der Waals surface area contributed by atoms with Crippen LogP contribution < -0.4 is 10.6 Å². The number of hydrogen-bond donors (Lipinski definition) is 2. The van der Waals surface area contributed by atoms with Crippen LogP contribution in [0.1, 0.15) is 21.6 Å². The van der Waals surface area contributed by atoms with E-state index >= 15 is 0 Å². The molecule has 1 aromatic heterocycles. The van der Waals surface area contributed by atoms with Gasteiger partial charge in [-0.1, -0.05) is 23.7 Å². The lowest BCUT2D eigenvalue weighted by Gasteiger charge is -2.16. The van der Waals surface area contributed by atoms with Gasteiger partial charge in [0.2, 0.25) is 0 Å². The van der Waals surface area contributed by atoms with Crippen LogP contribution in [0.5, 0.6) is 0 Å². The van der Waals surface area contributed by atoms with Gasteiger partial charge < -0.3 is 15.4 Å². The molecule has 2 amide bonds. The molecular formula is C15H18ClN3O2S. The summed E-state index contributed by atoms with van der Waals surface area (Å²) in [4.78, 5) is 17.0. The second-order valence-electron chi connectivity index (χ2n) is 4.69. The number of aryl methyl sites for hydroxylation is 1. The number of carbonyl (C=O) groups excluding carboxylic acids is 1. The van der Waals surface area contributed by atoms with Crippen molar-refractivity contribution in [3.05, 3.63) is 50.9 Å². The lowest BCUT2D eigenvalue weighted by Crippen LogP contribution is -2.37. The second kappa shape index (κ2) is 8.12. The molecule has 2 aromatic rings. The summed E-state index contributed by atoms with van der Waals surface area (Å²) >= 11 is 7.43. The van der Waals surface area contributed by atoms with E-state index in [4.69, 9.17) is 16.3 Å². The molecule has 22 heavy (non-hydrogen) atoms. The van der Waals surface area contributed by atoms with E-state index in [1.54, 1.807) is 36.8 Å². The van der Waals surface area contributed by atoms with Crippen LogP contribution in [0.4, 0.5) is 4.79 Å². The first kappa shape index (κ1) is 16.7. The van der Waals surface area contributed by atoms with E-state index in [1.807, 2.05) is 19.1 Å². The van der Waals surface area contributed by atoms with Crippen LogP contribution in [0.25, 0.3) is 0 Å². The third-order valence-electron chi connectivity index (χ3n) is 3.07. The average molecular weight is 340 g/mol. The largest absolute Gasteiger partial charge is 0.375 e. The first-order chi connectivity index (χ1) is 10.6. The first-order valence-corrected chi connectivity index (χ1v) is 7.99. The van der Waals surface area contributed by atoms with Gasteiger partial charge in [0.25, 0.3) is 0 Å². The number of nitrogens with one attached hydrogen (secondary N) is 2. The number of nitrogens with zero attached hydrogens (tertiary/aromatic N) is 1. The third-order valence-corrected chi connectivity index (χ3v) is 4.23. The molecule has 118 valence electrons. The number of thiazole rings is 1. The number of amides is 2. The minimum atomic E-state index is -0.234. The Morgan fingerprint density at radius 2 is 2.09 bits per heavy atom. The fraction of sp³-hybridized carbons (Fsp3) is 0.333. The molecular weight excluding hydrogens is 322 g/mol. The standard InChI is InChI=1S/C15H18ClN3O2S/c1-10-17-7-13(22-10)8-18-15(20)19-9-14(21-2)11-3-5-12(16)6-4-11/h3-7,14H,8-9H2,1-2H3,(H2,18,19,20). The Morgan fingerprint density at radius 3 is 2.68 bits per heavy atom. The van der Waals surface area contributed by atoms with Crippen LogP contribution >= 0.6 is 22.9 Å². The van der Waals surface area contributed by atoms with Crippen LogP contribution in [0.3, 0.4) is 0 Å². The molecule has 7 heteroatoms. The summed E-state index contributed by atoms with van der Waals surface area (Å²) in [5, 5.41) is 7.25. The summed E-state index contributed by atoms with van der Waals surface area (Å²) in [5.41, 5.74) is 0.963. The summed E-state index contributed by atoms with van der Waals surface area (Å²) in [6.45, 7) is 2.78. The van der Waals surface area contributed by atoms with E-state index in [0.29, 0.717) is 18.1 Å². The molecule has 0 saturated carbocycles. The Labute approximate surface area is 138 Å². The Hall–Kier alpha value is -1.63. The first-order valence-electron chi connectivity index (χ1n) is 6.79. The number of carbonyl (C=O) groups is 1. The van der Waals surface area contributed by atoms with Crippen molar-refractivity contribution in [1.29, 1.82) is 0 Å². The molecule has 0 radical (unpaired) electrons. The van der Waals surface area contributed by atoms with E-state index in [1.165, 1.54) is 0 Å². The van der Waals surface area contributed by atoms with Crippen LogP contribution in [0.15, 0.2) is 30.5 Å². The molecule has 2 rings (SSSR count). The SMILES string of the molecule is COC(CNC(=O)NCc1cnc(C)s1)c1ccc(Cl)cc1. The molecule has 1 atom stereocenters. The van der Waals surface area contributed by atoms with Gasteiger partial charge in [-0.2, -0.15) is 0 Å². The number of urea groups is 1. The molecule has 1 aromatic carbocycles. The number of hydrogen-bond acceptors (Lipinski definition) is 4. The fourth-order valence-electron chi connectivity index (χ4n) is 1.92. The minimum Gasteiger partial charge on any atom is -0.375 e. The van der Waals surface area contributed by atoms with Gasteiger partial charge in [-0.15, -0.1) is 11.3 Å². The topological polar surface area (TPSA) is 63.2 Å². The van der Waals surface area contributed by atoms with E-state index in [9.17, 15) is 4.79 Å². The van der Waals surface area contributed by atoms with E-state index in [-0.39, 0.29) is 12.1 Å². The van der Waals surface area contributed by atoms with Crippen molar-refractivity contribution in [2.24, 2.45) is 0 Å². The quantitative estimate of drug-likeness (QED) is 0.848. The number of aromatic nitrogens is 1. The Kier molecular flexibility index (Phi) is 6.18. The molecule has 0 aliphatic rings. The number of halogens is 1. The van der Waals surface area contributed by atoms with E-state index in [0.717, 1.165) is 15.4 Å². The summed E-state index contributed by atoms with van der Waals surface area (Å²) in [5.74, 6) is 0. The molecule has 1 heterocycles. The zero-order valence-corrected chi connectivity index (χ0v) is 14.0. The van der Waals surface area contributed by atoms with Gasteiger partial charge >= 0.3 is 6.03 Å². The summed E-state index contributed by atoms with van der Waals surface area (Å²) < 4.78 is 5.40. The normalized spacial score (nSPS) is 12.0. The van der Waals surface area contributed by atoms with Crippen molar-refractivity contribution >= 4 is 29.0 Å². The fourth-order valence-corrected chi connectivity index (χ4v) is 2.78. The van der Waals surface area contributed by atoms with Crippen molar-refractivity contribution in [2.45, 2.75) is 19.6 Å². The maximum Gasteiger partial charge on any atom is 0.315 e. The highest BCUT2D eigenvalue weighted by Crippen LogP contribution is 2.18. The predicted octanol–water partition coefficient (Wildman–Crippen LogP) is 3.29. The summed E-state index contributed by atoms with van der Waals surface area (Å²) in [6.07, 6.45) is 1.56. The zero-order chi connectivity index (χ0) is 15.9. The highest BCUT2D eigenvalue weighted by atomic mass is 35.5. The monoisotopic (exact) mass is 339 g/mol. The van der Waals surface area contributed by atoms with Gasteiger partial charge in [0.1, 0.15) is 0 Å². The Balaban J connectivity index is 1.79. The van der Waals surface area contributed by atoms with Gasteiger partial charge in [-0.25, -0.2) is 9.78 Å². The van der Waals surface area contributed by atoms with Crippen LogP contribution in [-0.2, 0) is 11.3 Å². The van der Waals surface area contributed by atoms with Crippen LogP contribution in [0, 0.1) is 6.92 Å². The van der Waals surface area contributed by atoms with E-state index in [2.05, 4.69) is 15.6 Å². The summed E-state index contributed by atoms with van der Waals surface area (Å²) in [6, 6.07) is 7.14. The molecule has 0 spiro atoms.